The molecule has 1 aliphatic rings. The molecular formula is C8H16N2O2. The van der Waals surface area contributed by atoms with E-state index in [1.807, 2.05) is 0 Å². The van der Waals surface area contributed by atoms with E-state index in [0.29, 0.717) is 0 Å². The zero-order valence-corrected chi connectivity index (χ0v) is 7.67. The lowest BCUT2D eigenvalue weighted by molar-refractivity contribution is 0.0558. The fourth-order valence-corrected chi connectivity index (χ4v) is 1.34. The predicted molar refractivity (Wildman–Crippen MR) is 45.5 cm³/mol. The number of piperidine rings is 1. The van der Waals surface area contributed by atoms with Crippen LogP contribution in [-0.2, 0) is 4.84 Å². The molecule has 0 unspecified atom stereocenters. The molecule has 1 aliphatic heterocycles. The van der Waals surface area contributed by atoms with Gasteiger partial charge >= 0.3 is 6.09 Å². The molecular weight excluding hydrogens is 156 g/mol. The Morgan fingerprint density at radius 2 is 2.08 bits per heavy atom. The van der Waals surface area contributed by atoms with Crippen molar-refractivity contribution in [1.82, 2.24) is 10.4 Å². The van der Waals surface area contributed by atoms with E-state index in [9.17, 15) is 4.79 Å². The molecule has 4 heteroatoms. The van der Waals surface area contributed by atoms with Crippen molar-refractivity contribution < 1.29 is 9.63 Å². The van der Waals surface area contributed by atoms with Gasteiger partial charge in [0.25, 0.3) is 0 Å². The molecule has 0 aromatic carbocycles. The lowest BCUT2D eigenvalue weighted by Gasteiger charge is -2.28. The summed E-state index contributed by atoms with van der Waals surface area (Å²) in [5.41, 5.74) is 2.38. The second kappa shape index (κ2) is 4.30. The van der Waals surface area contributed by atoms with Crippen molar-refractivity contribution in [2.45, 2.75) is 19.8 Å². The maximum absolute atomic E-state index is 11.1. The molecule has 1 N–H and O–H groups in total. The maximum Gasteiger partial charge on any atom is 0.428 e. The first-order valence-corrected chi connectivity index (χ1v) is 4.36. The third-order valence-electron chi connectivity index (χ3n) is 2.23. The summed E-state index contributed by atoms with van der Waals surface area (Å²) in [6.45, 7) is 3.85. The molecule has 1 amide bonds. The van der Waals surface area contributed by atoms with Crippen molar-refractivity contribution in [2.75, 3.05) is 20.1 Å². The third kappa shape index (κ3) is 2.37. The van der Waals surface area contributed by atoms with E-state index in [0.717, 1.165) is 31.8 Å². The van der Waals surface area contributed by atoms with Crippen LogP contribution in [-0.4, -0.2) is 31.1 Å². The number of carbonyl (C=O) groups is 1. The lowest BCUT2D eigenvalue weighted by atomic mass is 10.00. The molecule has 0 spiro atoms. The summed E-state index contributed by atoms with van der Waals surface area (Å²) in [4.78, 5) is 17.5. The largest absolute Gasteiger partial charge is 0.428 e. The zero-order chi connectivity index (χ0) is 8.97. The van der Waals surface area contributed by atoms with Crippen LogP contribution in [0.3, 0.4) is 0 Å². The Morgan fingerprint density at radius 3 is 2.58 bits per heavy atom. The number of amides is 1. The van der Waals surface area contributed by atoms with Gasteiger partial charge in [-0.1, -0.05) is 6.92 Å². The van der Waals surface area contributed by atoms with Gasteiger partial charge in [0.2, 0.25) is 0 Å². The molecule has 0 aliphatic carbocycles. The fourth-order valence-electron chi connectivity index (χ4n) is 1.34. The average Bonchev–Trinajstić information content (AvgIpc) is 2.06. The summed E-state index contributed by atoms with van der Waals surface area (Å²) in [5.74, 6) is 0.739. The first kappa shape index (κ1) is 9.32. The van der Waals surface area contributed by atoms with Crippen LogP contribution < -0.4 is 5.48 Å². The number of rotatable bonds is 1. The van der Waals surface area contributed by atoms with Gasteiger partial charge in [-0.05, 0) is 18.8 Å². The summed E-state index contributed by atoms with van der Waals surface area (Å²) < 4.78 is 0. The Morgan fingerprint density at radius 1 is 1.50 bits per heavy atom. The third-order valence-corrected chi connectivity index (χ3v) is 2.23. The number of hydrogen-bond donors (Lipinski definition) is 1. The topological polar surface area (TPSA) is 41.6 Å². The minimum absolute atomic E-state index is 0.260. The molecule has 70 valence electrons. The van der Waals surface area contributed by atoms with E-state index in [4.69, 9.17) is 0 Å². The number of hydrogen-bond acceptors (Lipinski definition) is 3. The summed E-state index contributed by atoms with van der Waals surface area (Å²) >= 11 is 0. The molecule has 0 bridgehead atoms. The minimum Gasteiger partial charge on any atom is -0.354 e. The highest BCUT2D eigenvalue weighted by molar-refractivity contribution is 5.67. The fraction of sp³-hybridized carbons (Fsp3) is 0.875. The maximum atomic E-state index is 11.1. The van der Waals surface area contributed by atoms with Crippen LogP contribution in [0.4, 0.5) is 4.79 Å². The van der Waals surface area contributed by atoms with E-state index >= 15 is 0 Å². The van der Waals surface area contributed by atoms with Crippen molar-refractivity contribution in [2.24, 2.45) is 5.92 Å². The van der Waals surface area contributed by atoms with Gasteiger partial charge in [-0.2, -0.15) is 5.48 Å². The van der Waals surface area contributed by atoms with Gasteiger partial charge in [0.05, 0.1) is 0 Å². The van der Waals surface area contributed by atoms with Gasteiger partial charge in [0.1, 0.15) is 0 Å². The van der Waals surface area contributed by atoms with E-state index in [1.54, 1.807) is 11.9 Å². The molecule has 1 heterocycles. The molecule has 1 fully saturated rings. The van der Waals surface area contributed by atoms with Crippen molar-refractivity contribution in [1.29, 1.82) is 0 Å². The Bertz CT molecular complexity index is 153. The molecule has 1 saturated heterocycles. The van der Waals surface area contributed by atoms with E-state index in [1.165, 1.54) is 0 Å². The SMILES string of the molecule is CNOC(=O)N1CCC(C)CC1. The normalized spacial score (nSPS) is 19.3. The van der Waals surface area contributed by atoms with Crippen molar-refractivity contribution >= 4 is 6.09 Å². The predicted octanol–water partition coefficient (Wildman–Crippen LogP) is 0.989. The molecule has 0 atom stereocenters. The number of nitrogens with zero attached hydrogens (tertiary/aromatic N) is 1. The summed E-state index contributed by atoms with van der Waals surface area (Å²) in [6.07, 6.45) is 1.90. The number of carbonyl (C=O) groups excluding carboxylic acids is 1. The molecule has 4 nitrogen and oxygen atoms in total. The van der Waals surface area contributed by atoms with Gasteiger partial charge < -0.3 is 9.74 Å². The van der Waals surface area contributed by atoms with E-state index in [-0.39, 0.29) is 6.09 Å². The lowest BCUT2D eigenvalue weighted by Crippen LogP contribution is -2.39. The number of hydroxylamine groups is 1. The van der Waals surface area contributed by atoms with Gasteiger partial charge in [-0.25, -0.2) is 4.79 Å². The van der Waals surface area contributed by atoms with Crippen molar-refractivity contribution in [3.63, 3.8) is 0 Å². The van der Waals surface area contributed by atoms with Crippen LogP contribution in [0.2, 0.25) is 0 Å². The monoisotopic (exact) mass is 172 g/mol. The first-order valence-electron chi connectivity index (χ1n) is 4.36. The van der Waals surface area contributed by atoms with Crippen LogP contribution in [0.5, 0.6) is 0 Å². The second-order valence-corrected chi connectivity index (χ2v) is 3.24. The van der Waals surface area contributed by atoms with E-state index < -0.39 is 0 Å². The second-order valence-electron chi connectivity index (χ2n) is 3.24. The molecule has 0 aromatic rings. The zero-order valence-electron chi connectivity index (χ0n) is 7.67. The average molecular weight is 172 g/mol. The number of nitrogens with one attached hydrogen (secondary N) is 1. The van der Waals surface area contributed by atoms with Crippen LogP contribution >= 0.6 is 0 Å². The highest BCUT2D eigenvalue weighted by Gasteiger charge is 2.20. The minimum atomic E-state index is -0.260. The summed E-state index contributed by atoms with van der Waals surface area (Å²) in [5, 5.41) is 0. The molecule has 12 heavy (non-hydrogen) atoms. The highest BCUT2D eigenvalue weighted by atomic mass is 16.7. The first-order chi connectivity index (χ1) is 5.74. The summed E-state index contributed by atoms with van der Waals surface area (Å²) in [7, 11) is 1.59. The van der Waals surface area contributed by atoms with Crippen molar-refractivity contribution in [3.05, 3.63) is 0 Å². The van der Waals surface area contributed by atoms with Crippen LogP contribution in [0.15, 0.2) is 0 Å². The molecule has 0 saturated carbocycles. The van der Waals surface area contributed by atoms with Crippen LogP contribution in [0.25, 0.3) is 0 Å². The quantitative estimate of drug-likeness (QED) is 0.600. The Hall–Kier alpha value is -0.770. The molecule has 0 radical (unpaired) electrons. The Kier molecular flexibility index (Phi) is 3.34. The van der Waals surface area contributed by atoms with E-state index in [2.05, 4.69) is 17.2 Å². The molecule has 1 rings (SSSR count). The van der Waals surface area contributed by atoms with Crippen LogP contribution in [0.1, 0.15) is 19.8 Å². The Labute approximate surface area is 72.8 Å². The highest BCUT2D eigenvalue weighted by Crippen LogP contribution is 2.15. The van der Waals surface area contributed by atoms with Crippen LogP contribution in [0, 0.1) is 5.92 Å². The van der Waals surface area contributed by atoms with Gasteiger partial charge in [0.15, 0.2) is 0 Å². The van der Waals surface area contributed by atoms with Gasteiger partial charge in [-0.3, -0.25) is 0 Å². The standard InChI is InChI=1S/C8H16N2O2/c1-7-3-5-10(6-4-7)8(11)12-9-2/h7,9H,3-6H2,1-2H3. The summed E-state index contributed by atoms with van der Waals surface area (Å²) in [6, 6.07) is 0. The van der Waals surface area contributed by atoms with Gasteiger partial charge in [0, 0.05) is 20.1 Å². The van der Waals surface area contributed by atoms with Crippen molar-refractivity contribution in [3.8, 4) is 0 Å². The Balaban J connectivity index is 2.29. The van der Waals surface area contributed by atoms with Gasteiger partial charge in [-0.15, -0.1) is 0 Å². The number of likely N-dealkylation sites (tertiary alicyclic amines) is 1. The molecule has 0 aromatic heterocycles. The smallest absolute Gasteiger partial charge is 0.354 e.